The van der Waals surface area contributed by atoms with Gasteiger partial charge in [-0.05, 0) is 30.5 Å². The summed E-state index contributed by atoms with van der Waals surface area (Å²) in [6, 6.07) is 6.51. The Kier molecular flexibility index (Phi) is 5.42. The van der Waals surface area contributed by atoms with Crippen molar-refractivity contribution in [2.75, 3.05) is 26.5 Å². The summed E-state index contributed by atoms with van der Waals surface area (Å²) in [7, 11) is -1.84. The highest BCUT2D eigenvalue weighted by molar-refractivity contribution is 7.88. The summed E-state index contributed by atoms with van der Waals surface area (Å²) in [6.45, 7) is 1.51. The van der Waals surface area contributed by atoms with Crippen LogP contribution in [0.4, 0.5) is 0 Å². The molecule has 22 heavy (non-hydrogen) atoms. The van der Waals surface area contributed by atoms with E-state index in [1.54, 1.807) is 36.3 Å². The van der Waals surface area contributed by atoms with Crippen molar-refractivity contribution in [2.45, 2.75) is 25.3 Å². The van der Waals surface area contributed by atoms with Crippen molar-refractivity contribution in [3.63, 3.8) is 0 Å². The Hall–Kier alpha value is -1.60. The molecule has 0 bridgehead atoms. The molecule has 1 aromatic carbocycles. The molecule has 0 aliphatic carbocycles. The third-order valence-corrected chi connectivity index (χ3v) is 4.42. The van der Waals surface area contributed by atoms with Gasteiger partial charge in [0.05, 0.1) is 19.4 Å². The number of amides is 1. The maximum Gasteiger partial charge on any atom is 0.224 e. The van der Waals surface area contributed by atoms with Crippen molar-refractivity contribution in [1.29, 1.82) is 0 Å². The average Bonchev–Trinajstić information content (AvgIpc) is 2.99. The number of likely N-dealkylation sites (tertiary alicyclic amines) is 1. The van der Waals surface area contributed by atoms with E-state index in [4.69, 9.17) is 4.74 Å². The molecule has 0 spiro atoms. The molecule has 2 rings (SSSR count). The lowest BCUT2D eigenvalue weighted by molar-refractivity contribution is -0.130. The molecule has 0 saturated carbocycles. The molecule has 1 atom stereocenters. The van der Waals surface area contributed by atoms with Crippen molar-refractivity contribution in [2.24, 2.45) is 0 Å². The fraction of sp³-hybridized carbons (Fsp3) is 0.533. The fourth-order valence-corrected chi connectivity index (χ4v) is 3.33. The lowest BCUT2D eigenvalue weighted by Crippen LogP contribution is -2.34. The number of methoxy groups -OCH3 is 1. The highest BCUT2D eigenvalue weighted by Gasteiger charge is 2.24. The molecule has 1 aliphatic heterocycles. The highest BCUT2D eigenvalue weighted by atomic mass is 32.2. The molecule has 1 amide bonds. The molecule has 1 N–H and O–H groups in total. The molecule has 0 aromatic heterocycles. The maximum absolute atomic E-state index is 12.3. The zero-order valence-corrected chi connectivity index (χ0v) is 13.7. The topological polar surface area (TPSA) is 75.7 Å². The van der Waals surface area contributed by atoms with Gasteiger partial charge < -0.3 is 9.64 Å². The Morgan fingerprint density at radius 1 is 1.27 bits per heavy atom. The van der Waals surface area contributed by atoms with Crippen LogP contribution in [0.1, 0.15) is 30.9 Å². The van der Waals surface area contributed by atoms with Crippen molar-refractivity contribution < 1.29 is 17.9 Å². The SMILES string of the molecule is COc1ccc([C@@H](CC(=O)N2CCCC2)NS(C)(=O)=O)cc1. The largest absolute Gasteiger partial charge is 0.497 e. The number of carbonyl (C=O) groups is 1. The van der Waals surface area contributed by atoms with Crippen LogP contribution in [-0.2, 0) is 14.8 Å². The normalized spacial score (nSPS) is 16.5. The molecule has 0 unspecified atom stereocenters. The van der Waals surface area contributed by atoms with Crippen LogP contribution in [0.5, 0.6) is 5.75 Å². The van der Waals surface area contributed by atoms with E-state index in [-0.39, 0.29) is 12.3 Å². The first-order valence-corrected chi connectivity index (χ1v) is 9.17. The number of nitrogens with zero attached hydrogens (tertiary/aromatic N) is 1. The third-order valence-electron chi connectivity index (χ3n) is 3.71. The summed E-state index contributed by atoms with van der Waals surface area (Å²) >= 11 is 0. The van der Waals surface area contributed by atoms with Gasteiger partial charge in [0, 0.05) is 19.5 Å². The van der Waals surface area contributed by atoms with Gasteiger partial charge in [-0.3, -0.25) is 4.79 Å². The molecule has 1 aliphatic rings. The summed E-state index contributed by atoms with van der Waals surface area (Å²) in [4.78, 5) is 14.1. The van der Waals surface area contributed by atoms with Gasteiger partial charge in [0.2, 0.25) is 15.9 Å². The van der Waals surface area contributed by atoms with Gasteiger partial charge in [0.15, 0.2) is 0 Å². The fourth-order valence-electron chi connectivity index (χ4n) is 2.59. The van der Waals surface area contributed by atoms with Crippen LogP contribution in [0.25, 0.3) is 0 Å². The number of hydrogen-bond donors (Lipinski definition) is 1. The van der Waals surface area contributed by atoms with Crippen molar-refractivity contribution >= 4 is 15.9 Å². The summed E-state index contributed by atoms with van der Waals surface area (Å²) in [5.74, 6) is 0.669. The number of carbonyl (C=O) groups excluding carboxylic acids is 1. The highest BCUT2D eigenvalue weighted by Crippen LogP contribution is 2.23. The second-order valence-corrected chi connectivity index (χ2v) is 7.29. The van der Waals surface area contributed by atoms with Gasteiger partial charge in [-0.2, -0.15) is 0 Å². The van der Waals surface area contributed by atoms with Gasteiger partial charge >= 0.3 is 0 Å². The molecule has 1 fully saturated rings. The van der Waals surface area contributed by atoms with Crippen LogP contribution in [0.3, 0.4) is 0 Å². The van der Waals surface area contributed by atoms with Crippen LogP contribution in [-0.4, -0.2) is 45.7 Å². The summed E-state index contributed by atoms with van der Waals surface area (Å²) in [5.41, 5.74) is 0.749. The molecule has 1 saturated heterocycles. The molecule has 6 nitrogen and oxygen atoms in total. The van der Waals surface area contributed by atoms with E-state index in [0.717, 1.165) is 37.8 Å². The first-order chi connectivity index (χ1) is 10.4. The predicted octanol–water partition coefficient (Wildman–Crippen LogP) is 1.30. The standard InChI is InChI=1S/C15H22N2O4S/c1-21-13-7-5-12(6-8-13)14(16-22(2,19)20)11-15(18)17-9-3-4-10-17/h5-8,14,16H,3-4,9-11H2,1-2H3/t14-/m1/s1. The van der Waals surface area contributed by atoms with Crippen molar-refractivity contribution in [3.05, 3.63) is 29.8 Å². The molecule has 0 radical (unpaired) electrons. The Balaban J connectivity index is 2.15. The Labute approximate surface area is 131 Å². The second kappa shape index (κ2) is 7.11. The van der Waals surface area contributed by atoms with Crippen LogP contribution in [0, 0.1) is 0 Å². The van der Waals surface area contributed by atoms with E-state index in [9.17, 15) is 13.2 Å². The quantitative estimate of drug-likeness (QED) is 0.855. The van der Waals surface area contributed by atoms with Gasteiger partial charge in [-0.15, -0.1) is 0 Å². The number of benzene rings is 1. The van der Waals surface area contributed by atoms with Crippen LogP contribution in [0.2, 0.25) is 0 Å². The first kappa shape index (κ1) is 16.8. The van der Waals surface area contributed by atoms with E-state index in [1.807, 2.05) is 0 Å². The zero-order chi connectivity index (χ0) is 16.2. The summed E-state index contributed by atoms with van der Waals surface area (Å²) in [5, 5.41) is 0. The van der Waals surface area contributed by atoms with E-state index >= 15 is 0 Å². The third kappa shape index (κ3) is 4.71. The van der Waals surface area contributed by atoms with Crippen LogP contribution >= 0.6 is 0 Å². The maximum atomic E-state index is 12.3. The number of hydrogen-bond acceptors (Lipinski definition) is 4. The molecule has 1 aromatic rings. The molecule has 7 heteroatoms. The summed E-state index contributed by atoms with van der Waals surface area (Å²) < 4.78 is 30.8. The minimum Gasteiger partial charge on any atom is -0.497 e. The monoisotopic (exact) mass is 326 g/mol. The van der Waals surface area contributed by atoms with E-state index in [1.165, 1.54) is 0 Å². The van der Waals surface area contributed by atoms with Crippen molar-refractivity contribution in [3.8, 4) is 5.75 Å². The lowest BCUT2D eigenvalue weighted by Gasteiger charge is -2.22. The Morgan fingerprint density at radius 3 is 2.36 bits per heavy atom. The molecular weight excluding hydrogens is 304 g/mol. The Morgan fingerprint density at radius 2 is 1.86 bits per heavy atom. The van der Waals surface area contributed by atoms with Gasteiger partial charge in [0.25, 0.3) is 0 Å². The van der Waals surface area contributed by atoms with Crippen LogP contribution in [0.15, 0.2) is 24.3 Å². The smallest absolute Gasteiger partial charge is 0.224 e. The predicted molar refractivity (Wildman–Crippen MR) is 84.1 cm³/mol. The zero-order valence-electron chi connectivity index (χ0n) is 12.9. The van der Waals surface area contributed by atoms with Crippen LogP contribution < -0.4 is 9.46 Å². The minimum atomic E-state index is -3.41. The number of rotatable bonds is 6. The number of nitrogens with one attached hydrogen (secondary N) is 1. The summed E-state index contributed by atoms with van der Waals surface area (Å²) in [6.07, 6.45) is 3.25. The molecule has 122 valence electrons. The molecule has 1 heterocycles. The molecular formula is C15H22N2O4S. The second-order valence-electron chi connectivity index (χ2n) is 5.51. The van der Waals surface area contributed by atoms with Gasteiger partial charge in [-0.1, -0.05) is 12.1 Å². The van der Waals surface area contributed by atoms with Gasteiger partial charge in [-0.25, -0.2) is 13.1 Å². The van der Waals surface area contributed by atoms with E-state index in [0.29, 0.717) is 5.75 Å². The number of ether oxygens (including phenoxy) is 1. The van der Waals surface area contributed by atoms with Gasteiger partial charge in [0.1, 0.15) is 5.75 Å². The van der Waals surface area contributed by atoms with E-state index in [2.05, 4.69) is 4.72 Å². The number of sulfonamides is 1. The average molecular weight is 326 g/mol. The minimum absolute atomic E-state index is 0.0190. The van der Waals surface area contributed by atoms with Crippen molar-refractivity contribution in [1.82, 2.24) is 9.62 Å². The Bertz CT molecular complexity index is 607. The van der Waals surface area contributed by atoms with E-state index < -0.39 is 16.1 Å². The first-order valence-electron chi connectivity index (χ1n) is 7.28. The lowest BCUT2D eigenvalue weighted by atomic mass is 10.0.